The van der Waals surface area contributed by atoms with E-state index in [-0.39, 0.29) is 23.0 Å². The van der Waals surface area contributed by atoms with Gasteiger partial charge < -0.3 is 20.1 Å². The molecule has 0 radical (unpaired) electrons. The third-order valence-corrected chi connectivity index (χ3v) is 4.54. The van der Waals surface area contributed by atoms with Crippen LogP contribution in [-0.2, 0) is 4.74 Å². The number of phenols is 1. The fraction of sp³-hybridized carbons (Fsp3) is 0.200. The van der Waals surface area contributed by atoms with Gasteiger partial charge in [-0.3, -0.25) is 9.59 Å². The normalized spacial score (nSPS) is 17.3. The second-order valence-electron chi connectivity index (χ2n) is 6.20. The van der Waals surface area contributed by atoms with E-state index in [1.165, 1.54) is 6.07 Å². The number of Topliss-reactive ketones (excluding diaryl/α,β-unsaturated/α-hetero) is 2. The summed E-state index contributed by atoms with van der Waals surface area (Å²) in [4.78, 5) is 28.2. The van der Waals surface area contributed by atoms with E-state index in [1.807, 2.05) is 4.90 Å². The Hall–Kier alpha value is -3.12. The van der Waals surface area contributed by atoms with E-state index in [0.29, 0.717) is 48.8 Å². The number of carbonyl (C=O) groups is 2. The summed E-state index contributed by atoms with van der Waals surface area (Å²) in [6.07, 6.45) is 0. The van der Waals surface area contributed by atoms with Crippen LogP contribution in [0.15, 0.2) is 59.9 Å². The molecule has 0 atom stereocenters. The highest BCUT2D eigenvalue weighted by atomic mass is 16.5. The van der Waals surface area contributed by atoms with E-state index < -0.39 is 0 Å². The lowest BCUT2D eigenvalue weighted by atomic mass is 9.89. The summed E-state index contributed by atoms with van der Waals surface area (Å²) < 4.78 is 5.38. The van der Waals surface area contributed by atoms with Crippen molar-refractivity contribution in [1.29, 1.82) is 0 Å². The summed E-state index contributed by atoms with van der Waals surface area (Å²) in [6.45, 7) is 2.10. The van der Waals surface area contributed by atoms with Gasteiger partial charge in [-0.05, 0) is 12.1 Å². The molecule has 2 aliphatic rings. The largest absolute Gasteiger partial charge is 0.508 e. The molecule has 0 bridgehead atoms. The zero-order valence-corrected chi connectivity index (χ0v) is 14.1. The standard InChI is InChI=1S/C20H18N2O4/c23-14-5-3-4-13(12-14)21-17-18(22-8-10-26-11-9-22)20(25)16-7-2-1-6-15(16)19(17)24/h1-7,12,21,23H,8-11H2. The van der Waals surface area contributed by atoms with Crippen molar-refractivity contribution >= 4 is 17.3 Å². The van der Waals surface area contributed by atoms with Crippen molar-refractivity contribution < 1.29 is 19.4 Å². The SMILES string of the molecule is O=C1C(Nc2cccc(O)c2)=C(N2CCOCC2)C(=O)c2ccccc21. The van der Waals surface area contributed by atoms with Gasteiger partial charge in [-0.25, -0.2) is 0 Å². The van der Waals surface area contributed by atoms with Gasteiger partial charge in [0, 0.05) is 36.0 Å². The maximum Gasteiger partial charge on any atom is 0.212 e. The van der Waals surface area contributed by atoms with Crippen LogP contribution in [-0.4, -0.2) is 47.9 Å². The zero-order valence-electron chi connectivity index (χ0n) is 14.1. The molecular formula is C20H18N2O4. The lowest BCUT2D eigenvalue weighted by Gasteiger charge is -2.34. The molecule has 1 saturated heterocycles. The van der Waals surface area contributed by atoms with E-state index in [2.05, 4.69) is 5.32 Å². The highest BCUT2D eigenvalue weighted by Crippen LogP contribution is 2.30. The topological polar surface area (TPSA) is 78.9 Å². The molecule has 26 heavy (non-hydrogen) atoms. The number of nitrogens with one attached hydrogen (secondary N) is 1. The van der Waals surface area contributed by atoms with Crippen LogP contribution in [0.4, 0.5) is 5.69 Å². The number of nitrogens with zero attached hydrogens (tertiary/aromatic N) is 1. The number of morpholine rings is 1. The molecule has 4 rings (SSSR count). The highest BCUT2D eigenvalue weighted by Gasteiger charge is 2.35. The number of carbonyl (C=O) groups excluding carboxylic acids is 2. The van der Waals surface area contributed by atoms with Crippen LogP contribution in [0, 0.1) is 0 Å². The Balaban J connectivity index is 1.82. The van der Waals surface area contributed by atoms with E-state index in [4.69, 9.17) is 4.74 Å². The Kier molecular flexibility index (Phi) is 4.18. The van der Waals surface area contributed by atoms with Crippen molar-refractivity contribution in [2.24, 2.45) is 0 Å². The van der Waals surface area contributed by atoms with Crippen molar-refractivity contribution in [3.63, 3.8) is 0 Å². The molecular weight excluding hydrogens is 332 g/mol. The van der Waals surface area contributed by atoms with Crippen LogP contribution in [0.25, 0.3) is 0 Å². The minimum Gasteiger partial charge on any atom is -0.508 e. The van der Waals surface area contributed by atoms with Gasteiger partial charge in [0.05, 0.1) is 13.2 Å². The maximum absolute atomic E-state index is 13.1. The number of aromatic hydroxyl groups is 1. The van der Waals surface area contributed by atoms with Crippen LogP contribution in [0.1, 0.15) is 20.7 Å². The van der Waals surface area contributed by atoms with E-state index in [1.54, 1.807) is 42.5 Å². The van der Waals surface area contributed by atoms with Crippen LogP contribution in [0.2, 0.25) is 0 Å². The lowest BCUT2D eigenvalue weighted by molar-refractivity contribution is 0.0496. The molecule has 0 amide bonds. The molecule has 0 saturated carbocycles. The van der Waals surface area contributed by atoms with Gasteiger partial charge in [-0.15, -0.1) is 0 Å². The number of ether oxygens (including phenoxy) is 1. The predicted molar refractivity (Wildman–Crippen MR) is 96.3 cm³/mol. The summed E-state index contributed by atoms with van der Waals surface area (Å²) in [7, 11) is 0. The van der Waals surface area contributed by atoms with E-state index >= 15 is 0 Å². The van der Waals surface area contributed by atoms with Gasteiger partial charge in [-0.2, -0.15) is 0 Å². The van der Waals surface area contributed by atoms with Crippen LogP contribution in [0.5, 0.6) is 5.75 Å². The second-order valence-corrected chi connectivity index (χ2v) is 6.20. The van der Waals surface area contributed by atoms with Crippen molar-refractivity contribution in [2.75, 3.05) is 31.6 Å². The highest BCUT2D eigenvalue weighted by molar-refractivity contribution is 6.27. The molecule has 0 unspecified atom stereocenters. The fourth-order valence-electron chi connectivity index (χ4n) is 3.30. The first-order valence-corrected chi connectivity index (χ1v) is 8.46. The number of hydrogen-bond acceptors (Lipinski definition) is 6. The number of fused-ring (bicyclic) bond motifs is 1. The smallest absolute Gasteiger partial charge is 0.212 e. The third kappa shape index (κ3) is 2.84. The number of hydrogen-bond donors (Lipinski definition) is 2. The zero-order chi connectivity index (χ0) is 18.1. The van der Waals surface area contributed by atoms with Gasteiger partial charge >= 0.3 is 0 Å². The van der Waals surface area contributed by atoms with Crippen LogP contribution < -0.4 is 5.32 Å². The van der Waals surface area contributed by atoms with Gasteiger partial charge in [0.2, 0.25) is 11.6 Å². The number of allylic oxidation sites excluding steroid dienone is 2. The minimum atomic E-state index is -0.231. The summed E-state index contributed by atoms with van der Waals surface area (Å²) in [5.74, 6) is -0.326. The molecule has 1 fully saturated rings. The first-order valence-electron chi connectivity index (χ1n) is 8.46. The van der Waals surface area contributed by atoms with E-state index in [0.717, 1.165) is 0 Å². The summed E-state index contributed by atoms with van der Waals surface area (Å²) in [5, 5.41) is 12.8. The Morgan fingerprint density at radius 2 is 1.62 bits per heavy atom. The van der Waals surface area contributed by atoms with Crippen LogP contribution in [0.3, 0.4) is 0 Å². The fourth-order valence-corrected chi connectivity index (χ4v) is 3.30. The third-order valence-electron chi connectivity index (χ3n) is 4.54. The molecule has 6 nitrogen and oxygen atoms in total. The molecule has 6 heteroatoms. The number of phenolic OH excluding ortho intramolecular Hbond substituents is 1. The molecule has 2 N–H and O–H groups in total. The van der Waals surface area contributed by atoms with Gasteiger partial charge in [-0.1, -0.05) is 30.3 Å². The van der Waals surface area contributed by atoms with Crippen molar-refractivity contribution in [2.45, 2.75) is 0 Å². The average molecular weight is 350 g/mol. The average Bonchev–Trinajstić information content (AvgIpc) is 2.67. The van der Waals surface area contributed by atoms with Gasteiger partial charge in [0.15, 0.2) is 0 Å². The maximum atomic E-state index is 13.1. The van der Waals surface area contributed by atoms with Crippen molar-refractivity contribution in [3.05, 3.63) is 71.1 Å². The number of rotatable bonds is 3. The Bertz CT molecular complexity index is 914. The summed E-state index contributed by atoms with van der Waals surface area (Å²) in [5.41, 5.74) is 1.95. The number of anilines is 1. The summed E-state index contributed by atoms with van der Waals surface area (Å²) >= 11 is 0. The van der Waals surface area contributed by atoms with Gasteiger partial charge in [0.25, 0.3) is 0 Å². The Labute approximate surface area is 150 Å². The lowest BCUT2D eigenvalue weighted by Crippen LogP contribution is -2.42. The number of ketones is 2. The molecule has 1 aliphatic heterocycles. The first-order chi connectivity index (χ1) is 12.6. The molecule has 0 spiro atoms. The molecule has 2 aromatic carbocycles. The predicted octanol–water partition coefficient (Wildman–Crippen LogP) is 2.43. The van der Waals surface area contributed by atoms with E-state index in [9.17, 15) is 14.7 Å². The Morgan fingerprint density at radius 3 is 2.31 bits per heavy atom. The minimum absolute atomic E-state index is 0.0820. The second kappa shape index (κ2) is 6.65. The molecule has 132 valence electrons. The molecule has 1 heterocycles. The van der Waals surface area contributed by atoms with Crippen molar-refractivity contribution in [3.8, 4) is 5.75 Å². The molecule has 0 aromatic heterocycles. The molecule has 2 aromatic rings. The first kappa shape index (κ1) is 16.4. The van der Waals surface area contributed by atoms with Crippen LogP contribution >= 0.6 is 0 Å². The Morgan fingerprint density at radius 1 is 0.923 bits per heavy atom. The van der Waals surface area contributed by atoms with Crippen molar-refractivity contribution in [1.82, 2.24) is 4.90 Å². The molecule has 1 aliphatic carbocycles. The quantitative estimate of drug-likeness (QED) is 0.885. The summed E-state index contributed by atoms with van der Waals surface area (Å²) in [6, 6.07) is 13.3. The monoisotopic (exact) mass is 350 g/mol. The van der Waals surface area contributed by atoms with Gasteiger partial charge in [0.1, 0.15) is 17.1 Å². The number of benzene rings is 2.